The van der Waals surface area contributed by atoms with E-state index >= 15 is 0 Å². The van der Waals surface area contributed by atoms with Gasteiger partial charge in [-0.2, -0.15) is 0 Å². The van der Waals surface area contributed by atoms with Gasteiger partial charge in [0, 0.05) is 25.2 Å². The monoisotopic (exact) mass is 1390 g/mol. The van der Waals surface area contributed by atoms with Crippen molar-refractivity contribution in [1.29, 1.82) is 0 Å². The van der Waals surface area contributed by atoms with E-state index < -0.39 is 161 Å². The van der Waals surface area contributed by atoms with Gasteiger partial charge in [0.1, 0.15) is 59.3 Å². The Morgan fingerprint density at radius 2 is 0.970 bits per heavy atom. The number of rotatable bonds is 32. The Balaban J connectivity index is 1.38. The number of hydrogen-bond donors (Lipinski definition) is 9. The quantitative estimate of drug-likeness (QED) is 0.0215. The Bertz CT molecular complexity index is 3440. The molecule has 0 unspecified atom stereocenters. The van der Waals surface area contributed by atoms with Crippen molar-refractivity contribution in [1.82, 2.24) is 42.5 Å². The van der Waals surface area contributed by atoms with Gasteiger partial charge >= 0.3 is 18.0 Å². The van der Waals surface area contributed by atoms with Crippen molar-refractivity contribution < 1.29 is 81.5 Å². The molecule has 4 aromatic carbocycles. The largest absolute Gasteiger partial charge is 0.488 e. The van der Waals surface area contributed by atoms with E-state index in [4.69, 9.17) is 28.4 Å². The van der Waals surface area contributed by atoms with Crippen LogP contribution < -0.4 is 47.3 Å². The second-order valence-electron chi connectivity index (χ2n) is 30.5. The van der Waals surface area contributed by atoms with Gasteiger partial charge in [-0.15, -0.1) is 0 Å². The van der Waals surface area contributed by atoms with Gasteiger partial charge in [0.2, 0.25) is 41.4 Å². The standard InChI is InChI=1S/C75H106N8O17/c1-44(97-71(6,7)8)60(65(89)77-55(39-46-27-21-20-22-28-46)63(87)82-61(45(2)98-72(9,10)11)66(90)78-57(67(91)92)43-96-70(3,4)5)81-58(84)41-76-62(86)54(37-38-59(85)100-74(15,16)17)79-68(93)75(18,19)83-64(88)56(40-47-33-35-48(36-34-47)99-73(12,13)14)80-69(94)95-42-53-51-31-25-23-29-49(51)50-30-24-26-32-52(50)53/h20-36,44-45,53-57,60-61H,37-43H2,1-19H3,(H,76,86)(H,77,89)(H,78,90)(H,79,93)(H,80,94)(H,81,84)(H,82,87)(H,83,88)(H,91,92)/t44-,45-,54+,55+,56+,57+,60+,61+/m1/s1. The second-order valence-corrected chi connectivity index (χ2v) is 30.5. The van der Waals surface area contributed by atoms with Crippen molar-refractivity contribution in [3.63, 3.8) is 0 Å². The third-order valence-electron chi connectivity index (χ3n) is 15.3. The minimum absolute atomic E-state index is 0.0546. The molecule has 0 aliphatic heterocycles. The summed E-state index contributed by atoms with van der Waals surface area (Å²) in [6.45, 7) is 30.6. The molecule has 25 heteroatoms. The van der Waals surface area contributed by atoms with Crippen molar-refractivity contribution in [2.45, 2.75) is 245 Å². The van der Waals surface area contributed by atoms with Crippen molar-refractivity contribution >= 4 is 59.4 Å². The van der Waals surface area contributed by atoms with Gasteiger partial charge in [-0.05, 0) is 183 Å². The second kappa shape index (κ2) is 34.9. The lowest BCUT2D eigenvalue weighted by atomic mass is 9.98. The fourth-order valence-electron chi connectivity index (χ4n) is 10.9. The summed E-state index contributed by atoms with van der Waals surface area (Å²) in [6.07, 6.45) is -4.08. The Kier molecular flexibility index (Phi) is 28.5. The average molecular weight is 1390 g/mol. The minimum Gasteiger partial charge on any atom is -0.488 e. The van der Waals surface area contributed by atoms with Crippen LogP contribution in [0.15, 0.2) is 103 Å². The summed E-state index contributed by atoms with van der Waals surface area (Å²) in [5, 5.41) is 31.1. The summed E-state index contributed by atoms with van der Waals surface area (Å²) in [6, 6.07) is 22.2. The first kappa shape index (κ1) is 81.7. The van der Waals surface area contributed by atoms with Gasteiger partial charge in [-0.1, -0.05) is 91.0 Å². The number of carboxylic acids is 1. The Hall–Kier alpha value is -8.94. The zero-order chi connectivity index (χ0) is 74.9. The van der Waals surface area contributed by atoms with Crippen LogP contribution in [0.1, 0.15) is 173 Å². The van der Waals surface area contributed by atoms with Crippen molar-refractivity contribution in [2.24, 2.45) is 0 Å². The highest BCUT2D eigenvalue weighted by Crippen LogP contribution is 2.44. The predicted molar refractivity (Wildman–Crippen MR) is 377 cm³/mol. The molecule has 1 aliphatic carbocycles. The van der Waals surface area contributed by atoms with E-state index in [0.717, 1.165) is 22.3 Å². The maximum atomic E-state index is 14.8. The molecule has 0 saturated heterocycles. The highest BCUT2D eigenvalue weighted by molar-refractivity contribution is 5.98. The fraction of sp³-hybridized carbons (Fsp3) is 0.547. The molecule has 9 N–H and O–H groups in total. The molecule has 548 valence electrons. The smallest absolute Gasteiger partial charge is 0.407 e. The SMILES string of the molecule is C[C@@H](OC(C)(C)C)[C@H](NC(=O)CNC(=O)[C@H](CCC(=O)OC(C)(C)C)NC(=O)C(C)(C)NC(=O)[C@H](Cc1ccc(OC(C)(C)C)cc1)NC(=O)OCC1c2ccccc2-c2ccccc21)C(=O)N[C@@H](Cc1ccccc1)C(=O)N[C@H](C(=O)N[C@@H](COC(C)(C)C)C(=O)O)[C@@H](C)OC(C)(C)C. The van der Waals surface area contributed by atoms with E-state index in [1.165, 1.54) is 27.7 Å². The van der Waals surface area contributed by atoms with E-state index in [1.807, 2.05) is 69.3 Å². The molecule has 0 heterocycles. The molecule has 8 amide bonds. The third-order valence-corrected chi connectivity index (χ3v) is 15.3. The zero-order valence-corrected chi connectivity index (χ0v) is 61.4. The summed E-state index contributed by atoms with van der Waals surface area (Å²) in [7, 11) is 0. The van der Waals surface area contributed by atoms with E-state index in [0.29, 0.717) is 16.9 Å². The van der Waals surface area contributed by atoms with Crippen molar-refractivity contribution in [3.05, 3.63) is 125 Å². The molecule has 0 spiro atoms. The Labute approximate surface area is 588 Å². The number of carbonyl (C=O) groups excluding carboxylic acids is 9. The lowest BCUT2D eigenvalue weighted by molar-refractivity contribution is -0.155. The van der Waals surface area contributed by atoms with Gasteiger partial charge < -0.3 is 76.1 Å². The molecule has 0 aromatic heterocycles. The van der Waals surface area contributed by atoms with Crippen molar-refractivity contribution in [3.8, 4) is 16.9 Å². The van der Waals surface area contributed by atoms with Crippen LogP contribution in [0.5, 0.6) is 5.75 Å². The molecule has 25 nitrogen and oxygen atoms in total. The number of fused-ring (bicyclic) bond motifs is 3. The highest BCUT2D eigenvalue weighted by Gasteiger charge is 2.40. The maximum Gasteiger partial charge on any atom is 0.407 e. The number of benzene rings is 4. The van der Waals surface area contributed by atoms with Gasteiger partial charge in [-0.25, -0.2) is 9.59 Å². The number of alkyl carbamates (subject to hydrolysis) is 1. The average Bonchev–Trinajstić information content (AvgIpc) is 1.61. The lowest BCUT2D eigenvalue weighted by Gasteiger charge is -2.33. The van der Waals surface area contributed by atoms with Crippen LogP contribution in [0, 0.1) is 0 Å². The van der Waals surface area contributed by atoms with E-state index in [9.17, 15) is 53.1 Å². The summed E-state index contributed by atoms with van der Waals surface area (Å²) >= 11 is 0. The molecule has 1 aliphatic rings. The number of ether oxygens (including phenoxy) is 6. The number of carboxylic acid groups (broad SMARTS) is 1. The number of carbonyl (C=O) groups is 10. The van der Waals surface area contributed by atoms with Crippen molar-refractivity contribution in [2.75, 3.05) is 19.8 Å². The first-order valence-corrected chi connectivity index (χ1v) is 33.8. The Morgan fingerprint density at radius 1 is 0.480 bits per heavy atom. The van der Waals surface area contributed by atoms with E-state index in [1.54, 1.807) is 138 Å². The van der Waals surface area contributed by atoms with Crippen LogP contribution in [0.3, 0.4) is 0 Å². The molecule has 0 fully saturated rings. The Morgan fingerprint density at radius 3 is 1.47 bits per heavy atom. The molecule has 8 atom stereocenters. The van der Waals surface area contributed by atoms with E-state index in [2.05, 4.69) is 42.5 Å². The molecule has 0 saturated carbocycles. The van der Waals surface area contributed by atoms with Gasteiger partial charge in [-0.3, -0.25) is 38.4 Å². The summed E-state index contributed by atoms with van der Waals surface area (Å²) in [5.41, 5.74) is -0.611. The number of hydrogen-bond acceptors (Lipinski definition) is 16. The maximum absolute atomic E-state index is 14.8. The fourth-order valence-corrected chi connectivity index (χ4v) is 10.9. The molecule has 0 bridgehead atoms. The number of aliphatic carboxylic acids is 1. The van der Waals surface area contributed by atoms with Crippen LogP contribution in [0.25, 0.3) is 11.1 Å². The van der Waals surface area contributed by atoms with Gasteiger partial charge in [0.05, 0.1) is 42.2 Å². The van der Waals surface area contributed by atoms with Gasteiger partial charge in [0.25, 0.3) is 0 Å². The molecule has 100 heavy (non-hydrogen) atoms. The summed E-state index contributed by atoms with van der Waals surface area (Å²) < 4.78 is 35.4. The number of amides is 8. The van der Waals surface area contributed by atoms with Crippen LogP contribution in [-0.4, -0.2) is 166 Å². The third kappa shape index (κ3) is 27.3. The molecule has 0 radical (unpaired) electrons. The normalized spacial score (nSPS) is 15.0. The number of esters is 1. The minimum atomic E-state index is -1.83. The molecule has 4 aromatic rings. The number of nitrogens with one attached hydrogen (secondary N) is 8. The zero-order valence-electron chi connectivity index (χ0n) is 61.4. The lowest BCUT2D eigenvalue weighted by Crippen LogP contribution is -2.63. The van der Waals surface area contributed by atoms with Gasteiger partial charge in [0.15, 0.2) is 6.04 Å². The predicted octanol–water partition coefficient (Wildman–Crippen LogP) is 7.42. The topological polar surface area (TPSA) is 343 Å². The summed E-state index contributed by atoms with van der Waals surface area (Å²) in [4.78, 5) is 141. The molecular formula is C75H106N8O17. The summed E-state index contributed by atoms with van der Waals surface area (Å²) in [5.74, 6) is -8.18. The molecule has 5 rings (SSSR count). The van der Waals surface area contributed by atoms with Crippen LogP contribution in [0.2, 0.25) is 0 Å². The highest BCUT2D eigenvalue weighted by atomic mass is 16.6. The van der Waals surface area contributed by atoms with Crippen LogP contribution >= 0.6 is 0 Å². The van der Waals surface area contributed by atoms with E-state index in [-0.39, 0.29) is 31.8 Å². The van der Waals surface area contributed by atoms with Crippen LogP contribution in [0.4, 0.5) is 4.79 Å². The first-order chi connectivity index (χ1) is 46.3. The first-order valence-electron chi connectivity index (χ1n) is 33.8. The van der Waals surface area contributed by atoms with Crippen LogP contribution in [-0.2, 0) is 79.7 Å². The molecular weight excluding hydrogens is 1280 g/mol.